The van der Waals surface area contributed by atoms with Crippen LogP contribution in [-0.2, 0) is 9.53 Å². The normalized spacial score (nSPS) is 35.0. The van der Waals surface area contributed by atoms with E-state index in [0.717, 1.165) is 13.0 Å². The predicted octanol–water partition coefficient (Wildman–Crippen LogP) is 1.06. The molecule has 2 fully saturated rings. The van der Waals surface area contributed by atoms with Gasteiger partial charge in [0.1, 0.15) is 6.10 Å². The van der Waals surface area contributed by atoms with Crippen molar-refractivity contribution in [1.82, 2.24) is 10.6 Å². The van der Waals surface area contributed by atoms with Crippen LogP contribution < -0.4 is 10.6 Å². The van der Waals surface area contributed by atoms with Crippen molar-refractivity contribution < 1.29 is 9.53 Å². The van der Waals surface area contributed by atoms with Crippen LogP contribution in [0.25, 0.3) is 0 Å². The highest BCUT2D eigenvalue weighted by molar-refractivity contribution is 5.81. The van der Waals surface area contributed by atoms with E-state index in [1.54, 1.807) is 0 Å². The van der Waals surface area contributed by atoms with Gasteiger partial charge in [-0.15, -0.1) is 0 Å². The monoisotopic (exact) mass is 240 g/mol. The average molecular weight is 240 g/mol. The highest BCUT2D eigenvalue weighted by atomic mass is 16.5. The topological polar surface area (TPSA) is 50.4 Å². The molecule has 98 valence electrons. The van der Waals surface area contributed by atoms with Crippen molar-refractivity contribution in [2.75, 3.05) is 19.7 Å². The third-order valence-corrected chi connectivity index (χ3v) is 3.91. The summed E-state index contributed by atoms with van der Waals surface area (Å²) >= 11 is 0. The van der Waals surface area contributed by atoms with Gasteiger partial charge in [0.15, 0.2) is 0 Å². The molecule has 0 radical (unpaired) electrons. The van der Waals surface area contributed by atoms with E-state index in [1.807, 2.05) is 0 Å². The summed E-state index contributed by atoms with van der Waals surface area (Å²) in [5, 5.41) is 6.37. The Kier molecular flexibility index (Phi) is 4.80. The maximum Gasteiger partial charge on any atom is 0.250 e. The fourth-order valence-electron chi connectivity index (χ4n) is 2.72. The number of ether oxygens (including phenoxy) is 1. The van der Waals surface area contributed by atoms with Gasteiger partial charge in [-0.25, -0.2) is 0 Å². The lowest BCUT2D eigenvalue weighted by Crippen LogP contribution is -2.51. The Balaban J connectivity index is 1.83. The van der Waals surface area contributed by atoms with E-state index < -0.39 is 0 Å². The number of carbonyl (C=O) groups is 1. The van der Waals surface area contributed by atoms with Crippen LogP contribution in [0.4, 0.5) is 0 Å². The molecule has 1 aliphatic carbocycles. The third-order valence-electron chi connectivity index (χ3n) is 3.91. The van der Waals surface area contributed by atoms with E-state index in [2.05, 4.69) is 17.6 Å². The fraction of sp³-hybridized carbons (Fsp3) is 0.923. The molecule has 0 aromatic carbocycles. The highest BCUT2D eigenvalue weighted by Gasteiger charge is 2.27. The molecule has 0 aromatic rings. The summed E-state index contributed by atoms with van der Waals surface area (Å²) in [4.78, 5) is 12.0. The maximum atomic E-state index is 12.0. The summed E-state index contributed by atoms with van der Waals surface area (Å²) in [5.41, 5.74) is 0. The summed E-state index contributed by atoms with van der Waals surface area (Å²) in [7, 11) is 0. The van der Waals surface area contributed by atoms with Crippen LogP contribution in [0.5, 0.6) is 0 Å². The fourth-order valence-corrected chi connectivity index (χ4v) is 2.72. The van der Waals surface area contributed by atoms with Crippen LogP contribution in [0.3, 0.4) is 0 Å². The molecule has 4 heteroatoms. The minimum Gasteiger partial charge on any atom is -0.366 e. The van der Waals surface area contributed by atoms with Gasteiger partial charge in [-0.1, -0.05) is 26.2 Å². The van der Waals surface area contributed by atoms with Gasteiger partial charge in [0.05, 0.1) is 6.61 Å². The first-order valence-corrected chi connectivity index (χ1v) is 6.90. The van der Waals surface area contributed by atoms with E-state index in [1.165, 1.54) is 25.7 Å². The molecular weight excluding hydrogens is 216 g/mol. The largest absolute Gasteiger partial charge is 0.366 e. The van der Waals surface area contributed by atoms with Gasteiger partial charge in [0.2, 0.25) is 0 Å². The van der Waals surface area contributed by atoms with Gasteiger partial charge in [-0.3, -0.25) is 4.79 Å². The molecule has 1 aliphatic heterocycles. The highest BCUT2D eigenvalue weighted by Crippen LogP contribution is 2.23. The first kappa shape index (κ1) is 12.8. The third kappa shape index (κ3) is 3.68. The average Bonchev–Trinajstić information content (AvgIpc) is 2.56. The van der Waals surface area contributed by atoms with Crippen LogP contribution in [-0.4, -0.2) is 37.7 Å². The molecule has 17 heavy (non-hydrogen) atoms. The minimum absolute atomic E-state index is 0.0657. The first-order chi connectivity index (χ1) is 8.27. The summed E-state index contributed by atoms with van der Waals surface area (Å²) in [6, 6.07) is 0.343. The standard InChI is InChI=1S/C13H24N2O2/c1-10-5-3-2-4-6-11(10)15-13(16)12-9-14-7-8-17-12/h10-12,14H,2-9H2,1H3,(H,15,16). The molecule has 2 rings (SSSR count). The number of hydrogen-bond acceptors (Lipinski definition) is 3. The Morgan fingerprint density at radius 1 is 1.29 bits per heavy atom. The van der Waals surface area contributed by atoms with Crippen molar-refractivity contribution in [1.29, 1.82) is 0 Å². The molecule has 2 N–H and O–H groups in total. The predicted molar refractivity (Wildman–Crippen MR) is 66.8 cm³/mol. The van der Waals surface area contributed by atoms with E-state index in [0.29, 0.717) is 25.1 Å². The van der Waals surface area contributed by atoms with Crippen molar-refractivity contribution in [2.45, 2.75) is 51.2 Å². The summed E-state index contributed by atoms with van der Waals surface area (Å²) in [5.74, 6) is 0.661. The van der Waals surface area contributed by atoms with Gasteiger partial charge < -0.3 is 15.4 Å². The molecule has 0 spiro atoms. The Hall–Kier alpha value is -0.610. The Bertz CT molecular complexity index is 252. The lowest BCUT2D eigenvalue weighted by molar-refractivity contribution is -0.135. The van der Waals surface area contributed by atoms with Crippen LogP contribution >= 0.6 is 0 Å². The number of hydrogen-bond donors (Lipinski definition) is 2. The summed E-state index contributed by atoms with van der Waals surface area (Å²) in [6.07, 6.45) is 5.90. The molecule has 3 unspecified atom stereocenters. The number of amides is 1. The Labute approximate surface area is 103 Å². The molecule has 0 bridgehead atoms. The quantitative estimate of drug-likeness (QED) is 0.710. The number of carbonyl (C=O) groups excluding carboxylic acids is 1. The molecule has 1 heterocycles. The smallest absolute Gasteiger partial charge is 0.250 e. The first-order valence-electron chi connectivity index (χ1n) is 6.90. The second-order valence-electron chi connectivity index (χ2n) is 5.29. The SMILES string of the molecule is CC1CCCCCC1NC(=O)C1CNCCO1. The van der Waals surface area contributed by atoms with E-state index in [4.69, 9.17) is 4.74 Å². The van der Waals surface area contributed by atoms with Gasteiger partial charge in [-0.2, -0.15) is 0 Å². The van der Waals surface area contributed by atoms with Crippen molar-refractivity contribution in [3.63, 3.8) is 0 Å². The summed E-state index contributed by atoms with van der Waals surface area (Å²) in [6.45, 7) is 4.38. The Morgan fingerprint density at radius 3 is 2.88 bits per heavy atom. The minimum atomic E-state index is -0.292. The second kappa shape index (κ2) is 6.36. The van der Waals surface area contributed by atoms with Crippen LogP contribution in [0.2, 0.25) is 0 Å². The summed E-state index contributed by atoms with van der Waals surface area (Å²) < 4.78 is 5.47. The zero-order valence-electron chi connectivity index (χ0n) is 10.7. The molecule has 1 amide bonds. The van der Waals surface area contributed by atoms with Crippen molar-refractivity contribution in [3.8, 4) is 0 Å². The lowest BCUT2D eigenvalue weighted by Gasteiger charge is -2.28. The maximum absolute atomic E-state index is 12.0. The van der Waals surface area contributed by atoms with Gasteiger partial charge >= 0.3 is 0 Å². The van der Waals surface area contributed by atoms with Gasteiger partial charge in [-0.05, 0) is 18.8 Å². The van der Waals surface area contributed by atoms with Crippen molar-refractivity contribution in [3.05, 3.63) is 0 Å². The number of rotatable bonds is 2. The lowest BCUT2D eigenvalue weighted by atomic mass is 9.97. The molecular formula is C13H24N2O2. The zero-order valence-corrected chi connectivity index (χ0v) is 10.7. The Morgan fingerprint density at radius 2 is 2.12 bits per heavy atom. The van der Waals surface area contributed by atoms with Crippen molar-refractivity contribution in [2.24, 2.45) is 5.92 Å². The molecule has 1 saturated carbocycles. The van der Waals surface area contributed by atoms with Gasteiger partial charge in [0.25, 0.3) is 5.91 Å². The van der Waals surface area contributed by atoms with Crippen LogP contribution in [0.15, 0.2) is 0 Å². The van der Waals surface area contributed by atoms with E-state index >= 15 is 0 Å². The number of nitrogens with one attached hydrogen (secondary N) is 2. The van der Waals surface area contributed by atoms with Gasteiger partial charge in [0, 0.05) is 19.1 Å². The van der Waals surface area contributed by atoms with E-state index in [9.17, 15) is 4.79 Å². The molecule has 3 atom stereocenters. The second-order valence-corrected chi connectivity index (χ2v) is 5.29. The van der Waals surface area contributed by atoms with Crippen LogP contribution in [0, 0.1) is 5.92 Å². The number of morpholine rings is 1. The molecule has 4 nitrogen and oxygen atoms in total. The molecule has 0 aromatic heterocycles. The molecule has 2 aliphatic rings. The molecule has 1 saturated heterocycles. The zero-order chi connectivity index (χ0) is 12.1. The van der Waals surface area contributed by atoms with Crippen molar-refractivity contribution >= 4 is 5.91 Å². The van der Waals surface area contributed by atoms with Crippen LogP contribution in [0.1, 0.15) is 39.0 Å². The van der Waals surface area contributed by atoms with E-state index in [-0.39, 0.29) is 12.0 Å².